The minimum absolute atomic E-state index is 0.405. The Bertz CT molecular complexity index is 874. The second-order valence-electron chi connectivity index (χ2n) is 7.08. The zero-order valence-electron chi connectivity index (χ0n) is 14.4. The number of hydrogen-bond donors (Lipinski definition) is 0. The molecule has 3 aromatic heterocycles. The van der Waals surface area contributed by atoms with E-state index in [1.807, 2.05) is 47.0 Å². The Labute approximate surface area is 141 Å². The van der Waals surface area contributed by atoms with E-state index in [1.54, 1.807) is 6.20 Å². The lowest BCUT2D eigenvalue weighted by Gasteiger charge is -2.32. The highest BCUT2D eigenvalue weighted by molar-refractivity contribution is 6.63. The monoisotopic (exact) mass is 321 g/mol. The van der Waals surface area contributed by atoms with Crippen molar-refractivity contribution in [1.82, 2.24) is 14.4 Å². The molecule has 0 aliphatic carbocycles. The number of rotatable bonds is 2. The van der Waals surface area contributed by atoms with Gasteiger partial charge in [-0.1, -0.05) is 12.1 Å². The fourth-order valence-corrected chi connectivity index (χ4v) is 2.89. The third-order valence-electron chi connectivity index (χ3n) is 4.95. The second kappa shape index (κ2) is 5.16. The third kappa shape index (κ3) is 2.25. The summed E-state index contributed by atoms with van der Waals surface area (Å²) < 4.78 is 14.6. The molecule has 0 bridgehead atoms. The third-order valence-corrected chi connectivity index (χ3v) is 4.95. The summed E-state index contributed by atoms with van der Waals surface area (Å²) in [6.07, 6.45) is 3.75. The Morgan fingerprint density at radius 1 is 0.958 bits per heavy atom. The summed E-state index contributed by atoms with van der Waals surface area (Å²) in [5.41, 5.74) is 2.52. The van der Waals surface area contributed by atoms with Crippen molar-refractivity contribution >= 4 is 18.4 Å². The van der Waals surface area contributed by atoms with E-state index in [0.717, 1.165) is 22.6 Å². The molecule has 4 rings (SSSR count). The van der Waals surface area contributed by atoms with Gasteiger partial charge in [0.2, 0.25) is 0 Å². The van der Waals surface area contributed by atoms with Gasteiger partial charge in [0.25, 0.3) is 0 Å². The normalized spacial score (nSPS) is 19.1. The van der Waals surface area contributed by atoms with Crippen molar-refractivity contribution in [3.63, 3.8) is 0 Å². The summed E-state index contributed by atoms with van der Waals surface area (Å²) >= 11 is 0. The fraction of sp³-hybridized carbons (Fsp3) is 0.333. The van der Waals surface area contributed by atoms with Gasteiger partial charge in [0, 0.05) is 12.4 Å². The van der Waals surface area contributed by atoms with Crippen LogP contribution in [0, 0.1) is 0 Å². The number of aromatic nitrogens is 3. The van der Waals surface area contributed by atoms with Crippen LogP contribution in [-0.2, 0) is 9.31 Å². The minimum atomic E-state index is -0.496. The van der Waals surface area contributed by atoms with Gasteiger partial charge in [-0.05, 0) is 52.0 Å². The van der Waals surface area contributed by atoms with Crippen LogP contribution in [0.3, 0.4) is 0 Å². The fourth-order valence-electron chi connectivity index (χ4n) is 2.89. The molecule has 4 heterocycles. The maximum atomic E-state index is 6.27. The molecule has 3 aromatic rings. The van der Waals surface area contributed by atoms with Crippen molar-refractivity contribution in [3.8, 4) is 11.4 Å². The molecule has 1 aliphatic rings. The maximum Gasteiger partial charge on any atom is 0.515 e. The van der Waals surface area contributed by atoms with Gasteiger partial charge in [-0.25, -0.2) is 4.98 Å². The topological polar surface area (TPSA) is 48.7 Å². The largest absolute Gasteiger partial charge is 0.515 e. The molecule has 0 aromatic carbocycles. The lowest BCUT2D eigenvalue weighted by molar-refractivity contribution is 0.00578. The van der Waals surface area contributed by atoms with Crippen molar-refractivity contribution in [2.24, 2.45) is 0 Å². The summed E-state index contributed by atoms with van der Waals surface area (Å²) in [5.74, 6) is 0. The lowest BCUT2D eigenvalue weighted by Crippen LogP contribution is -2.41. The summed E-state index contributed by atoms with van der Waals surface area (Å²) in [5, 5.41) is 0. The van der Waals surface area contributed by atoms with E-state index in [-0.39, 0.29) is 0 Å². The number of nitrogens with zero attached hydrogens (tertiary/aromatic N) is 3. The van der Waals surface area contributed by atoms with Gasteiger partial charge >= 0.3 is 7.12 Å². The molecule has 24 heavy (non-hydrogen) atoms. The summed E-state index contributed by atoms with van der Waals surface area (Å²) in [6, 6.07) is 11.7. The van der Waals surface area contributed by atoms with Gasteiger partial charge in [0.15, 0.2) is 0 Å². The van der Waals surface area contributed by atoms with Crippen LogP contribution in [0.25, 0.3) is 17.0 Å². The molecular formula is C18H20BN3O2. The van der Waals surface area contributed by atoms with Crippen molar-refractivity contribution < 1.29 is 9.31 Å². The van der Waals surface area contributed by atoms with Gasteiger partial charge in [0.05, 0.1) is 22.5 Å². The Balaban J connectivity index is 1.92. The van der Waals surface area contributed by atoms with Crippen molar-refractivity contribution in [3.05, 3.63) is 48.8 Å². The number of fused-ring (bicyclic) bond motifs is 1. The summed E-state index contributed by atoms with van der Waals surface area (Å²) in [6.45, 7) is 8.21. The van der Waals surface area contributed by atoms with Crippen LogP contribution >= 0.6 is 0 Å². The van der Waals surface area contributed by atoms with Gasteiger partial charge in [0.1, 0.15) is 11.3 Å². The quantitative estimate of drug-likeness (QED) is 0.681. The zero-order chi connectivity index (χ0) is 16.9. The van der Waals surface area contributed by atoms with Crippen LogP contribution in [0.15, 0.2) is 48.8 Å². The van der Waals surface area contributed by atoms with Crippen LogP contribution in [0.1, 0.15) is 27.7 Å². The van der Waals surface area contributed by atoms with Crippen LogP contribution in [-0.4, -0.2) is 32.7 Å². The Morgan fingerprint density at radius 3 is 2.33 bits per heavy atom. The van der Waals surface area contributed by atoms with Gasteiger partial charge in [-0.3, -0.25) is 4.98 Å². The number of imidazole rings is 1. The maximum absolute atomic E-state index is 6.27. The molecule has 1 aliphatic heterocycles. The summed E-state index contributed by atoms with van der Waals surface area (Å²) in [7, 11) is -0.496. The van der Waals surface area contributed by atoms with E-state index in [2.05, 4.69) is 32.7 Å². The molecule has 5 nitrogen and oxygen atoms in total. The Morgan fingerprint density at radius 2 is 1.67 bits per heavy atom. The highest BCUT2D eigenvalue weighted by atomic mass is 16.7. The Hall–Kier alpha value is -2.18. The molecule has 0 saturated carbocycles. The van der Waals surface area contributed by atoms with Crippen molar-refractivity contribution in [1.29, 1.82) is 0 Å². The van der Waals surface area contributed by atoms with Gasteiger partial charge < -0.3 is 13.7 Å². The highest BCUT2D eigenvalue weighted by Crippen LogP contribution is 2.37. The van der Waals surface area contributed by atoms with E-state index in [9.17, 15) is 0 Å². The first kappa shape index (κ1) is 15.4. The van der Waals surface area contributed by atoms with Crippen LogP contribution in [0.4, 0.5) is 0 Å². The predicted molar refractivity (Wildman–Crippen MR) is 94.1 cm³/mol. The van der Waals surface area contributed by atoms with Crippen molar-refractivity contribution in [2.45, 2.75) is 38.9 Å². The first-order chi connectivity index (χ1) is 11.4. The van der Waals surface area contributed by atoms with Gasteiger partial charge in [-0.15, -0.1) is 0 Å². The van der Waals surface area contributed by atoms with E-state index >= 15 is 0 Å². The molecule has 0 radical (unpaired) electrons. The molecule has 0 spiro atoms. The van der Waals surface area contributed by atoms with Crippen LogP contribution < -0.4 is 5.59 Å². The van der Waals surface area contributed by atoms with Crippen LogP contribution in [0.5, 0.6) is 0 Å². The van der Waals surface area contributed by atoms with Gasteiger partial charge in [-0.2, -0.15) is 0 Å². The number of hydrogen-bond acceptors (Lipinski definition) is 4. The average molecular weight is 321 g/mol. The number of pyridine rings is 2. The highest BCUT2D eigenvalue weighted by Gasteiger charge is 2.53. The van der Waals surface area contributed by atoms with Crippen molar-refractivity contribution in [2.75, 3.05) is 0 Å². The Kier molecular flexibility index (Phi) is 3.30. The van der Waals surface area contributed by atoms with E-state index < -0.39 is 18.3 Å². The zero-order valence-corrected chi connectivity index (χ0v) is 14.4. The van der Waals surface area contributed by atoms with Crippen LogP contribution in [0.2, 0.25) is 0 Å². The molecule has 0 unspecified atom stereocenters. The SMILES string of the molecule is CC1(C)OB(c2c(-c3ccccn3)nc3ccccn23)OC1(C)C. The van der Waals surface area contributed by atoms with E-state index in [0.29, 0.717) is 0 Å². The molecular weight excluding hydrogens is 301 g/mol. The molecule has 6 heteroatoms. The molecule has 0 atom stereocenters. The van der Waals surface area contributed by atoms with E-state index in [1.165, 1.54) is 0 Å². The molecule has 1 saturated heterocycles. The molecule has 0 N–H and O–H groups in total. The molecule has 1 fully saturated rings. The predicted octanol–water partition coefficient (Wildman–Crippen LogP) is 2.70. The van der Waals surface area contributed by atoms with E-state index in [4.69, 9.17) is 14.3 Å². The molecule has 122 valence electrons. The second-order valence-corrected chi connectivity index (χ2v) is 7.08. The first-order valence-corrected chi connectivity index (χ1v) is 8.13. The average Bonchev–Trinajstić information content (AvgIpc) is 3.03. The lowest BCUT2D eigenvalue weighted by atomic mass is 9.82. The summed E-state index contributed by atoms with van der Waals surface area (Å²) in [4.78, 5) is 9.23. The standard InChI is InChI=1S/C18H20BN3O2/c1-17(2)18(3,4)24-19(23-17)16-15(13-9-5-7-11-20-13)21-14-10-6-8-12-22(14)16/h5-12H,1-4H3. The smallest absolute Gasteiger partial charge is 0.398 e. The first-order valence-electron chi connectivity index (χ1n) is 8.13. The molecule has 0 amide bonds. The minimum Gasteiger partial charge on any atom is -0.398 e.